The topological polar surface area (TPSA) is 26.3 Å². The van der Waals surface area contributed by atoms with E-state index in [1.54, 1.807) is 5.57 Å². The summed E-state index contributed by atoms with van der Waals surface area (Å²) in [4.78, 5) is 13.1. The highest BCUT2D eigenvalue weighted by Crippen LogP contribution is 2.36. The summed E-state index contributed by atoms with van der Waals surface area (Å²) in [5.41, 5.74) is 1.62. The Morgan fingerprint density at radius 3 is 2.27 bits per heavy atom. The first-order valence-corrected chi connectivity index (χ1v) is 14.5. The van der Waals surface area contributed by atoms with Gasteiger partial charge in [-0.3, -0.25) is 4.79 Å². The van der Waals surface area contributed by atoms with Crippen LogP contribution in [0.3, 0.4) is 0 Å². The van der Waals surface area contributed by atoms with E-state index < -0.39 is 0 Å². The molecule has 0 N–H and O–H groups in total. The molecule has 2 aliphatic rings. The molecular formula is C31H56O2. The first-order chi connectivity index (χ1) is 15.7. The van der Waals surface area contributed by atoms with Crippen molar-refractivity contribution in [3.05, 3.63) is 11.6 Å². The number of hydrogen-bond acceptors (Lipinski definition) is 2. The first kappa shape index (κ1) is 28.6. The molecule has 0 amide bonds. The van der Waals surface area contributed by atoms with Crippen LogP contribution >= 0.6 is 0 Å². The number of ether oxygens (including phenoxy) is 1. The highest BCUT2D eigenvalue weighted by molar-refractivity contribution is 5.81. The molecular weight excluding hydrogens is 404 g/mol. The number of carbonyl (C=O) groups excluding carboxylic acids is 1. The van der Waals surface area contributed by atoms with E-state index in [-0.39, 0.29) is 0 Å². The van der Waals surface area contributed by atoms with Crippen LogP contribution in [0.2, 0.25) is 0 Å². The molecule has 1 fully saturated rings. The molecule has 2 nitrogen and oxygen atoms in total. The van der Waals surface area contributed by atoms with Gasteiger partial charge in [0.15, 0.2) is 0 Å². The molecule has 0 aromatic heterocycles. The lowest BCUT2D eigenvalue weighted by atomic mass is 9.73. The third-order valence-corrected chi connectivity index (χ3v) is 9.30. The molecule has 0 radical (unpaired) electrons. The van der Waals surface area contributed by atoms with E-state index in [2.05, 4.69) is 47.6 Å². The van der Waals surface area contributed by atoms with E-state index in [0.29, 0.717) is 35.6 Å². The highest BCUT2D eigenvalue weighted by Gasteiger charge is 2.29. The van der Waals surface area contributed by atoms with Crippen LogP contribution in [-0.2, 0) is 9.53 Å². The Morgan fingerprint density at radius 2 is 1.70 bits per heavy atom. The Labute approximate surface area is 206 Å². The van der Waals surface area contributed by atoms with Crippen molar-refractivity contribution in [1.29, 1.82) is 0 Å². The minimum atomic E-state index is 0.334. The van der Waals surface area contributed by atoms with Gasteiger partial charge in [-0.25, -0.2) is 0 Å². The van der Waals surface area contributed by atoms with Crippen LogP contribution in [0.25, 0.3) is 0 Å². The number of Topliss-reactive ketones (excluding diaryl/α,β-unsaturated/α-hetero) is 1. The third kappa shape index (κ3) is 9.50. The van der Waals surface area contributed by atoms with Crippen LogP contribution in [0.5, 0.6) is 0 Å². The number of hydrogen-bond donors (Lipinski definition) is 0. The maximum atomic E-state index is 13.1. The highest BCUT2D eigenvalue weighted by atomic mass is 16.5. The van der Waals surface area contributed by atoms with E-state index in [0.717, 1.165) is 37.0 Å². The molecule has 0 saturated heterocycles. The van der Waals surface area contributed by atoms with Crippen LogP contribution in [0.15, 0.2) is 11.6 Å². The zero-order chi connectivity index (χ0) is 24.4. The van der Waals surface area contributed by atoms with Crippen LogP contribution < -0.4 is 0 Å². The quantitative estimate of drug-likeness (QED) is 0.242. The van der Waals surface area contributed by atoms with E-state index in [1.165, 1.54) is 64.2 Å². The average Bonchev–Trinajstić information content (AvgIpc) is 2.81. The smallest absolute Gasteiger partial charge is 0.136 e. The summed E-state index contributed by atoms with van der Waals surface area (Å²) < 4.78 is 5.73. The zero-order valence-electron chi connectivity index (χ0n) is 23.2. The van der Waals surface area contributed by atoms with Crippen molar-refractivity contribution in [3.8, 4) is 0 Å². The number of carbonyl (C=O) groups is 1. The van der Waals surface area contributed by atoms with Gasteiger partial charge in [0.25, 0.3) is 0 Å². The van der Waals surface area contributed by atoms with Crippen molar-refractivity contribution in [1.82, 2.24) is 0 Å². The first-order valence-electron chi connectivity index (χ1n) is 14.5. The molecule has 33 heavy (non-hydrogen) atoms. The summed E-state index contributed by atoms with van der Waals surface area (Å²) >= 11 is 0. The van der Waals surface area contributed by atoms with Gasteiger partial charge in [-0.2, -0.15) is 0 Å². The van der Waals surface area contributed by atoms with Gasteiger partial charge in [0.05, 0.1) is 6.10 Å². The monoisotopic (exact) mass is 460 g/mol. The second-order valence-corrected chi connectivity index (χ2v) is 12.3. The lowest BCUT2D eigenvalue weighted by Crippen LogP contribution is -2.26. The number of rotatable bonds is 14. The molecule has 0 heterocycles. The number of ketones is 1. The molecule has 1 unspecified atom stereocenters. The van der Waals surface area contributed by atoms with Crippen LogP contribution in [0.1, 0.15) is 125 Å². The summed E-state index contributed by atoms with van der Waals surface area (Å²) in [5.74, 6) is 5.18. The third-order valence-electron chi connectivity index (χ3n) is 9.30. The molecule has 0 aromatic carbocycles. The Balaban J connectivity index is 1.70. The normalized spacial score (nSPS) is 28.1. The molecule has 0 bridgehead atoms. The second kappa shape index (κ2) is 14.7. The zero-order valence-corrected chi connectivity index (χ0v) is 23.2. The van der Waals surface area contributed by atoms with Crippen molar-refractivity contribution < 1.29 is 9.53 Å². The maximum absolute atomic E-state index is 13.1. The lowest BCUT2D eigenvalue weighted by Gasteiger charge is -2.31. The van der Waals surface area contributed by atoms with E-state index in [4.69, 9.17) is 4.74 Å². The van der Waals surface area contributed by atoms with Gasteiger partial charge in [0.1, 0.15) is 5.78 Å². The molecule has 2 rings (SSSR count). The number of methoxy groups -OCH3 is 1. The minimum absolute atomic E-state index is 0.334. The predicted molar refractivity (Wildman–Crippen MR) is 142 cm³/mol. The van der Waals surface area contributed by atoms with Gasteiger partial charge >= 0.3 is 0 Å². The van der Waals surface area contributed by atoms with Crippen molar-refractivity contribution in [2.75, 3.05) is 7.11 Å². The van der Waals surface area contributed by atoms with Crippen LogP contribution in [0.4, 0.5) is 0 Å². The molecule has 2 heteroatoms. The summed E-state index contributed by atoms with van der Waals surface area (Å²) in [6, 6.07) is 0. The van der Waals surface area contributed by atoms with E-state index >= 15 is 0 Å². The largest absolute Gasteiger partial charge is 0.377 e. The van der Waals surface area contributed by atoms with Gasteiger partial charge in [0.2, 0.25) is 0 Å². The van der Waals surface area contributed by atoms with Gasteiger partial charge in [-0.05, 0) is 93.3 Å². The molecule has 0 aliphatic heterocycles. The second-order valence-electron chi connectivity index (χ2n) is 12.3. The van der Waals surface area contributed by atoms with E-state index in [1.807, 2.05) is 7.11 Å². The molecule has 0 aromatic rings. The maximum Gasteiger partial charge on any atom is 0.136 e. The van der Waals surface area contributed by atoms with Crippen molar-refractivity contribution >= 4 is 5.78 Å². The summed E-state index contributed by atoms with van der Waals surface area (Å²) in [5, 5.41) is 0. The Morgan fingerprint density at radius 1 is 1.00 bits per heavy atom. The fourth-order valence-electron chi connectivity index (χ4n) is 6.42. The fourth-order valence-corrected chi connectivity index (χ4v) is 6.42. The Hall–Kier alpha value is -0.630. The average molecular weight is 461 g/mol. The molecule has 1 saturated carbocycles. The molecule has 0 spiro atoms. The lowest BCUT2D eigenvalue weighted by molar-refractivity contribution is -0.125. The van der Waals surface area contributed by atoms with Gasteiger partial charge < -0.3 is 4.74 Å². The van der Waals surface area contributed by atoms with Crippen LogP contribution in [0, 0.1) is 41.4 Å². The minimum Gasteiger partial charge on any atom is -0.377 e. The number of allylic oxidation sites excluding steroid dienone is 1. The molecule has 2 aliphatic carbocycles. The van der Waals surface area contributed by atoms with Gasteiger partial charge in [-0.15, -0.1) is 0 Å². The van der Waals surface area contributed by atoms with Crippen molar-refractivity contribution in [2.24, 2.45) is 41.4 Å². The molecule has 192 valence electrons. The fraction of sp³-hybridized carbons (Fsp3) is 0.903. The SMILES string of the molecule is CC[C@@H]1CCC(CCC[C@@H](C)CC[C@@H](CC(=O)C2CCC(C(C)C)CC2)C(C)C)=CC1OC. The van der Waals surface area contributed by atoms with Gasteiger partial charge in [0, 0.05) is 19.4 Å². The standard InChI is InChI=1S/C31H56O2/c1-8-26-15-13-25(20-31(26)33-7)11-9-10-24(6)12-14-29(23(4)5)21-30(32)28-18-16-27(17-19-28)22(2)3/h20,22-24,26-29,31H,8-19,21H2,1-7H3/t24-,26-,27?,28?,29+,31?/m1/s1. The van der Waals surface area contributed by atoms with Crippen molar-refractivity contribution in [2.45, 2.75) is 131 Å². The van der Waals surface area contributed by atoms with E-state index in [9.17, 15) is 4.79 Å². The Bertz CT molecular complexity index is 582. The molecule has 4 atom stereocenters. The summed E-state index contributed by atoms with van der Waals surface area (Å²) in [6.07, 6.45) is 18.5. The Kier molecular flexibility index (Phi) is 12.7. The predicted octanol–water partition coefficient (Wildman–Crippen LogP) is 9.03. The van der Waals surface area contributed by atoms with Crippen molar-refractivity contribution in [3.63, 3.8) is 0 Å². The summed E-state index contributed by atoms with van der Waals surface area (Å²) in [7, 11) is 1.86. The van der Waals surface area contributed by atoms with Gasteiger partial charge in [-0.1, -0.05) is 72.5 Å². The summed E-state index contributed by atoms with van der Waals surface area (Å²) in [6.45, 7) is 14.0. The van der Waals surface area contributed by atoms with Crippen LogP contribution in [-0.4, -0.2) is 19.0 Å².